The molecule has 0 spiro atoms. The fourth-order valence-electron chi connectivity index (χ4n) is 4.37. The normalized spacial score (nSPS) is 21.9. The molecule has 0 unspecified atom stereocenters. The summed E-state index contributed by atoms with van der Waals surface area (Å²) in [4.78, 5) is 33.4. The lowest BCUT2D eigenvalue weighted by Gasteiger charge is -2.31. The van der Waals surface area contributed by atoms with Crippen LogP contribution in [0.4, 0.5) is 4.79 Å². The lowest BCUT2D eigenvalue weighted by atomic mass is 9.97. The van der Waals surface area contributed by atoms with Crippen LogP contribution in [0.5, 0.6) is 0 Å². The number of hydrogen-bond acceptors (Lipinski definition) is 5. The van der Waals surface area contributed by atoms with E-state index in [1.807, 2.05) is 4.90 Å². The molecule has 8 nitrogen and oxygen atoms in total. The molecule has 3 heterocycles. The number of rotatable bonds is 3. The molecular weight excluding hydrogens is 360 g/mol. The lowest BCUT2D eigenvalue weighted by Crippen LogP contribution is -2.47. The molecule has 1 N–H and O–H groups in total. The number of urea groups is 1. The second-order valence-corrected chi connectivity index (χ2v) is 8.05. The number of nitrogens with zero attached hydrogens (tertiary/aromatic N) is 3. The number of morpholine rings is 1. The monoisotopic (exact) mass is 390 g/mol. The molecule has 3 aliphatic rings. The number of aromatic nitrogens is 1. The number of piperidine rings is 1. The Balaban J connectivity index is 1.33. The van der Waals surface area contributed by atoms with Crippen molar-refractivity contribution in [2.75, 3.05) is 39.4 Å². The van der Waals surface area contributed by atoms with Crippen molar-refractivity contribution in [1.82, 2.24) is 20.1 Å². The molecule has 0 radical (unpaired) electrons. The molecule has 3 fully saturated rings. The van der Waals surface area contributed by atoms with Crippen LogP contribution in [-0.4, -0.2) is 72.2 Å². The molecule has 1 aromatic heterocycles. The van der Waals surface area contributed by atoms with Crippen molar-refractivity contribution in [3.05, 3.63) is 17.3 Å². The predicted molar refractivity (Wildman–Crippen MR) is 102 cm³/mol. The predicted octanol–water partition coefficient (Wildman–Crippen LogP) is 2.29. The quantitative estimate of drug-likeness (QED) is 0.856. The minimum Gasteiger partial charge on any atom is -0.445 e. The number of hydrogen-bond donors (Lipinski definition) is 1. The third kappa shape index (κ3) is 4.16. The van der Waals surface area contributed by atoms with Crippen LogP contribution in [0.1, 0.15) is 66.6 Å². The number of amides is 3. The molecule has 2 saturated heterocycles. The van der Waals surface area contributed by atoms with E-state index in [1.54, 1.807) is 11.8 Å². The van der Waals surface area contributed by atoms with Crippen LogP contribution in [0.25, 0.3) is 0 Å². The zero-order valence-corrected chi connectivity index (χ0v) is 16.6. The fraction of sp³-hybridized carbons (Fsp3) is 0.750. The van der Waals surface area contributed by atoms with Gasteiger partial charge < -0.3 is 24.3 Å². The highest BCUT2D eigenvalue weighted by atomic mass is 16.5. The topological polar surface area (TPSA) is 87.9 Å². The molecule has 1 aliphatic carbocycles. The number of oxazole rings is 1. The van der Waals surface area contributed by atoms with E-state index in [9.17, 15) is 9.59 Å². The van der Waals surface area contributed by atoms with Crippen LogP contribution in [0.15, 0.2) is 4.42 Å². The van der Waals surface area contributed by atoms with E-state index in [2.05, 4.69) is 10.3 Å². The average Bonchev–Trinajstić information content (AvgIpc) is 3.38. The molecular formula is C20H30N4O4. The van der Waals surface area contributed by atoms with E-state index in [0.29, 0.717) is 62.8 Å². The van der Waals surface area contributed by atoms with Crippen molar-refractivity contribution in [2.24, 2.45) is 0 Å². The summed E-state index contributed by atoms with van der Waals surface area (Å²) in [6, 6.07) is 0.394. The van der Waals surface area contributed by atoms with Crippen molar-refractivity contribution in [3.63, 3.8) is 0 Å². The van der Waals surface area contributed by atoms with Crippen molar-refractivity contribution < 1.29 is 18.7 Å². The van der Waals surface area contributed by atoms with Gasteiger partial charge in [-0.05, 0) is 32.6 Å². The summed E-state index contributed by atoms with van der Waals surface area (Å²) in [5.74, 6) is 1.28. The maximum atomic E-state index is 12.7. The van der Waals surface area contributed by atoms with E-state index >= 15 is 0 Å². The number of nitrogens with one attached hydrogen (secondary N) is 1. The zero-order chi connectivity index (χ0) is 19.5. The first kappa shape index (κ1) is 19.2. The van der Waals surface area contributed by atoms with Crippen molar-refractivity contribution >= 4 is 11.9 Å². The summed E-state index contributed by atoms with van der Waals surface area (Å²) < 4.78 is 11.2. The van der Waals surface area contributed by atoms with Crippen LogP contribution in [-0.2, 0) is 4.74 Å². The van der Waals surface area contributed by atoms with E-state index in [0.717, 1.165) is 25.7 Å². The maximum Gasteiger partial charge on any atom is 0.317 e. The summed E-state index contributed by atoms with van der Waals surface area (Å²) in [5.41, 5.74) is 0.415. The molecule has 1 aromatic rings. The molecule has 3 amide bonds. The van der Waals surface area contributed by atoms with Gasteiger partial charge in [-0.1, -0.05) is 12.8 Å². The smallest absolute Gasteiger partial charge is 0.317 e. The van der Waals surface area contributed by atoms with Gasteiger partial charge in [0, 0.05) is 38.1 Å². The Hall–Kier alpha value is -2.09. The van der Waals surface area contributed by atoms with Crippen molar-refractivity contribution in [1.29, 1.82) is 0 Å². The van der Waals surface area contributed by atoms with Gasteiger partial charge in [-0.2, -0.15) is 0 Å². The van der Waals surface area contributed by atoms with Gasteiger partial charge in [0.05, 0.1) is 13.2 Å². The molecule has 4 rings (SSSR count). The van der Waals surface area contributed by atoms with E-state index in [1.165, 1.54) is 12.8 Å². The lowest BCUT2D eigenvalue weighted by molar-refractivity contribution is 0.0298. The molecule has 1 saturated carbocycles. The van der Waals surface area contributed by atoms with Gasteiger partial charge in [0.1, 0.15) is 5.76 Å². The van der Waals surface area contributed by atoms with Gasteiger partial charge in [-0.3, -0.25) is 4.79 Å². The summed E-state index contributed by atoms with van der Waals surface area (Å²) in [6.07, 6.45) is 6.23. The Labute approximate surface area is 165 Å². The van der Waals surface area contributed by atoms with Gasteiger partial charge in [0.2, 0.25) is 0 Å². The summed E-state index contributed by atoms with van der Waals surface area (Å²) in [6.45, 7) is 5.50. The summed E-state index contributed by atoms with van der Waals surface area (Å²) in [5, 5.41) is 3.16. The zero-order valence-electron chi connectivity index (χ0n) is 16.6. The van der Waals surface area contributed by atoms with Crippen LogP contribution < -0.4 is 5.32 Å². The number of aryl methyl sites for hydroxylation is 1. The van der Waals surface area contributed by atoms with Crippen LogP contribution in [0, 0.1) is 6.92 Å². The van der Waals surface area contributed by atoms with Gasteiger partial charge in [0.15, 0.2) is 11.6 Å². The largest absolute Gasteiger partial charge is 0.445 e. The SMILES string of the molecule is Cc1oc(C2CCN(C(=O)NC3CCCC3)CC2)nc1C(=O)N1CCOCC1. The maximum absolute atomic E-state index is 12.7. The van der Waals surface area contributed by atoms with Crippen LogP contribution in [0.2, 0.25) is 0 Å². The van der Waals surface area contributed by atoms with Gasteiger partial charge >= 0.3 is 6.03 Å². The van der Waals surface area contributed by atoms with Crippen molar-refractivity contribution in [3.8, 4) is 0 Å². The Morgan fingerprint density at radius 1 is 1.00 bits per heavy atom. The van der Waals surface area contributed by atoms with Gasteiger partial charge in [0.25, 0.3) is 5.91 Å². The first-order chi connectivity index (χ1) is 13.6. The first-order valence-electron chi connectivity index (χ1n) is 10.5. The Bertz CT molecular complexity index is 699. The van der Waals surface area contributed by atoms with E-state index < -0.39 is 0 Å². The minimum atomic E-state index is -0.0795. The van der Waals surface area contributed by atoms with Crippen LogP contribution >= 0.6 is 0 Å². The number of carbonyl (C=O) groups excluding carboxylic acids is 2. The molecule has 2 aliphatic heterocycles. The van der Waals surface area contributed by atoms with Crippen LogP contribution in [0.3, 0.4) is 0 Å². The number of ether oxygens (including phenoxy) is 1. The molecule has 154 valence electrons. The number of likely N-dealkylation sites (tertiary alicyclic amines) is 1. The third-order valence-corrected chi connectivity index (χ3v) is 6.13. The fourth-order valence-corrected chi connectivity index (χ4v) is 4.37. The Kier molecular flexibility index (Phi) is 5.85. The van der Waals surface area contributed by atoms with Crippen molar-refractivity contribution in [2.45, 2.75) is 57.4 Å². The molecule has 28 heavy (non-hydrogen) atoms. The first-order valence-corrected chi connectivity index (χ1v) is 10.5. The molecule has 0 atom stereocenters. The van der Waals surface area contributed by atoms with E-state index in [4.69, 9.17) is 9.15 Å². The Morgan fingerprint density at radius 2 is 1.68 bits per heavy atom. The highest BCUT2D eigenvalue weighted by Gasteiger charge is 2.31. The van der Waals surface area contributed by atoms with Gasteiger partial charge in [-0.25, -0.2) is 9.78 Å². The standard InChI is InChI=1S/C20H30N4O4/c1-14-17(19(25)23-10-12-27-13-11-23)22-18(28-14)15-6-8-24(9-7-15)20(26)21-16-4-2-3-5-16/h15-16H,2-13H2,1H3,(H,21,26). The Morgan fingerprint density at radius 3 is 2.36 bits per heavy atom. The average molecular weight is 390 g/mol. The van der Waals surface area contributed by atoms with E-state index in [-0.39, 0.29) is 17.9 Å². The second kappa shape index (κ2) is 8.51. The highest BCUT2D eigenvalue weighted by Crippen LogP contribution is 2.29. The minimum absolute atomic E-state index is 0.0529. The summed E-state index contributed by atoms with van der Waals surface area (Å²) in [7, 11) is 0. The number of carbonyl (C=O) groups is 2. The molecule has 8 heteroatoms. The third-order valence-electron chi connectivity index (χ3n) is 6.13. The highest BCUT2D eigenvalue weighted by molar-refractivity contribution is 5.93. The van der Waals surface area contributed by atoms with Gasteiger partial charge in [-0.15, -0.1) is 0 Å². The summed E-state index contributed by atoms with van der Waals surface area (Å²) >= 11 is 0. The molecule has 0 bridgehead atoms. The molecule has 0 aromatic carbocycles. The second-order valence-electron chi connectivity index (χ2n) is 8.05.